The van der Waals surface area contributed by atoms with Crippen molar-refractivity contribution in [2.45, 2.75) is 34.1 Å². The lowest BCUT2D eigenvalue weighted by molar-refractivity contribution is 0.268. The number of rotatable bonds is 3. The van der Waals surface area contributed by atoms with Crippen molar-refractivity contribution in [3.63, 3.8) is 0 Å². The summed E-state index contributed by atoms with van der Waals surface area (Å²) in [5.41, 5.74) is 0. The van der Waals surface area contributed by atoms with E-state index in [2.05, 4.69) is 23.8 Å². The van der Waals surface area contributed by atoms with E-state index in [0.717, 1.165) is 12.6 Å². The molecule has 0 amide bonds. The Hall–Kier alpha value is -0.770. The van der Waals surface area contributed by atoms with E-state index in [-0.39, 0.29) is 0 Å². The number of aliphatic hydroxyl groups excluding tert-OH is 1. The molecule has 0 aliphatic heterocycles. The van der Waals surface area contributed by atoms with Gasteiger partial charge in [0.25, 0.3) is 0 Å². The molecule has 0 aromatic heterocycles. The predicted molar refractivity (Wildman–Crippen MR) is 66.8 cm³/mol. The monoisotopic (exact) mass is 220 g/mol. The minimum atomic E-state index is -0.539. The smallest absolute Gasteiger partial charge is 0.226 e. The highest BCUT2D eigenvalue weighted by Crippen LogP contribution is 1.94. The predicted octanol–water partition coefficient (Wildman–Crippen LogP) is 2.74. The van der Waals surface area contributed by atoms with Crippen LogP contribution in [0.2, 0.25) is 0 Å². The molecule has 0 aliphatic rings. The molecule has 0 heterocycles. The van der Waals surface area contributed by atoms with Crippen molar-refractivity contribution >= 4 is 12.2 Å². The molecule has 0 radical (unpaired) electrons. The zero-order valence-electron chi connectivity index (χ0n) is 10.8. The third-order valence-corrected chi connectivity index (χ3v) is 1.16. The maximum Gasteiger partial charge on any atom is 0.226 e. The van der Waals surface area contributed by atoms with E-state index >= 15 is 0 Å². The zero-order chi connectivity index (χ0) is 12.7. The first-order chi connectivity index (χ1) is 7.08. The van der Waals surface area contributed by atoms with E-state index < -0.39 is 5.97 Å². The molecule has 0 bridgehead atoms. The van der Waals surface area contributed by atoms with E-state index in [9.17, 15) is 4.39 Å². The highest BCUT2D eigenvalue weighted by atomic mass is 19.1. The largest absolute Gasteiger partial charge is 0.396 e. The Labute approximate surface area is 93.2 Å². The molecule has 0 aliphatic carbocycles. The molecular formula is C11H25FN2O. The van der Waals surface area contributed by atoms with Crippen molar-refractivity contribution < 1.29 is 9.50 Å². The number of hydrogen-bond donors (Lipinski definition) is 1. The van der Waals surface area contributed by atoms with Crippen LogP contribution in [0, 0.1) is 5.92 Å². The second-order valence-corrected chi connectivity index (χ2v) is 2.84. The van der Waals surface area contributed by atoms with Gasteiger partial charge in [0.15, 0.2) is 0 Å². The van der Waals surface area contributed by atoms with E-state index in [0.29, 0.717) is 12.5 Å². The van der Waals surface area contributed by atoms with Gasteiger partial charge in [0, 0.05) is 20.7 Å². The van der Waals surface area contributed by atoms with Gasteiger partial charge in [-0.3, -0.25) is 9.98 Å². The van der Waals surface area contributed by atoms with Crippen molar-refractivity contribution in [2.24, 2.45) is 15.9 Å². The highest BCUT2D eigenvalue weighted by Gasteiger charge is 1.86. The molecule has 0 aromatic rings. The van der Waals surface area contributed by atoms with Crippen LogP contribution >= 0.6 is 0 Å². The lowest BCUT2D eigenvalue weighted by atomic mass is 10.2. The molecule has 0 unspecified atom stereocenters. The van der Waals surface area contributed by atoms with Gasteiger partial charge in [-0.25, -0.2) is 0 Å². The van der Waals surface area contributed by atoms with Gasteiger partial charge in [-0.1, -0.05) is 27.7 Å². The Morgan fingerprint density at radius 3 is 1.87 bits per heavy atom. The second kappa shape index (κ2) is 18.9. The first-order valence-electron chi connectivity index (χ1n) is 5.23. The molecule has 4 heteroatoms. The number of halogens is 1. The first-order valence-corrected chi connectivity index (χ1v) is 5.23. The van der Waals surface area contributed by atoms with Crippen molar-refractivity contribution in [1.29, 1.82) is 0 Å². The van der Waals surface area contributed by atoms with Crippen LogP contribution in [0.25, 0.3) is 0 Å². The van der Waals surface area contributed by atoms with Gasteiger partial charge < -0.3 is 5.11 Å². The Morgan fingerprint density at radius 1 is 1.33 bits per heavy atom. The lowest BCUT2D eigenvalue weighted by Crippen LogP contribution is -1.89. The van der Waals surface area contributed by atoms with Gasteiger partial charge >= 0.3 is 0 Å². The fourth-order valence-electron chi connectivity index (χ4n) is 0.422. The van der Waals surface area contributed by atoms with Gasteiger partial charge in [0.2, 0.25) is 5.97 Å². The number of hydrogen-bond acceptors (Lipinski definition) is 3. The van der Waals surface area contributed by atoms with Gasteiger partial charge in [-0.2, -0.15) is 4.39 Å². The van der Waals surface area contributed by atoms with E-state index in [1.807, 2.05) is 13.8 Å². The fraction of sp³-hybridized carbons (Fsp3) is 0.818. The van der Waals surface area contributed by atoms with Crippen molar-refractivity contribution in [3.05, 3.63) is 0 Å². The summed E-state index contributed by atoms with van der Waals surface area (Å²) in [7, 11) is 2.86. The summed E-state index contributed by atoms with van der Waals surface area (Å²) in [5, 5.41) is 8.24. The number of aliphatic imine (C=N–C) groups is 2. The summed E-state index contributed by atoms with van der Waals surface area (Å²) in [6.07, 6.45) is 1.99. The third-order valence-electron chi connectivity index (χ3n) is 1.16. The molecule has 0 atom stereocenters. The summed E-state index contributed by atoms with van der Waals surface area (Å²) < 4.78 is 11.7. The SMILES string of the molecule is CC.CC(C)CCO.CN=CC(F)=NC. The minimum absolute atomic E-state index is 0.331. The summed E-state index contributed by atoms with van der Waals surface area (Å²) in [4.78, 5) is 6.55. The normalized spacial score (nSPS) is 10.6. The average molecular weight is 220 g/mol. The summed E-state index contributed by atoms with van der Waals surface area (Å²) in [6, 6.07) is 0. The highest BCUT2D eigenvalue weighted by molar-refractivity contribution is 6.25. The van der Waals surface area contributed by atoms with Crippen LogP contribution in [0.3, 0.4) is 0 Å². The van der Waals surface area contributed by atoms with Crippen LogP contribution in [0.5, 0.6) is 0 Å². The molecule has 3 nitrogen and oxygen atoms in total. The van der Waals surface area contributed by atoms with Crippen LogP contribution in [0.4, 0.5) is 4.39 Å². The Kier molecular flexibility index (Phi) is 24.9. The second-order valence-electron chi connectivity index (χ2n) is 2.84. The number of aliphatic hydroxyl groups is 1. The molecule has 0 rings (SSSR count). The fourth-order valence-corrected chi connectivity index (χ4v) is 0.422. The quantitative estimate of drug-likeness (QED) is 0.730. The molecule has 0 fully saturated rings. The molecule has 1 N–H and O–H groups in total. The Morgan fingerprint density at radius 2 is 1.80 bits per heavy atom. The van der Waals surface area contributed by atoms with E-state index in [1.165, 1.54) is 14.1 Å². The molecular weight excluding hydrogens is 195 g/mol. The van der Waals surface area contributed by atoms with Crippen molar-refractivity contribution in [1.82, 2.24) is 0 Å². The lowest BCUT2D eigenvalue weighted by Gasteiger charge is -1.95. The summed E-state index contributed by atoms with van der Waals surface area (Å²) >= 11 is 0. The van der Waals surface area contributed by atoms with E-state index in [4.69, 9.17) is 5.11 Å². The van der Waals surface area contributed by atoms with Gasteiger partial charge in [0.1, 0.15) is 0 Å². The minimum Gasteiger partial charge on any atom is -0.396 e. The van der Waals surface area contributed by atoms with Crippen molar-refractivity contribution in [2.75, 3.05) is 20.7 Å². The summed E-state index contributed by atoms with van der Waals surface area (Å²) in [5.74, 6) is 0.109. The molecule has 0 saturated carbocycles. The van der Waals surface area contributed by atoms with E-state index in [1.54, 1.807) is 0 Å². The molecule has 0 spiro atoms. The van der Waals surface area contributed by atoms with Crippen LogP contribution in [-0.4, -0.2) is 38.0 Å². The number of nitrogens with zero attached hydrogens (tertiary/aromatic N) is 2. The maximum atomic E-state index is 11.7. The Bertz CT molecular complexity index is 157. The molecule has 0 aromatic carbocycles. The average Bonchev–Trinajstić information content (AvgIpc) is 2.22. The van der Waals surface area contributed by atoms with Crippen LogP contribution < -0.4 is 0 Å². The van der Waals surface area contributed by atoms with Crippen molar-refractivity contribution in [3.8, 4) is 0 Å². The van der Waals surface area contributed by atoms with Crippen LogP contribution in [0.15, 0.2) is 9.98 Å². The first kappa shape index (κ1) is 19.7. The molecule has 0 saturated heterocycles. The van der Waals surface area contributed by atoms with Gasteiger partial charge in [-0.15, -0.1) is 0 Å². The van der Waals surface area contributed by atoms with Crippen LogP contribution in [-0.2, 0) is 0 Å². The van der Waals surface area contributed by atoms with Crippen LogP contribution in [0.1, 0.15) is 34.1 Å². The third kappa shape index (κ3) is 31.9. The topological polar surface area (TPSA) is 45.0 Å². The van der Waals surface area contributed by atoms with Gasteiger partial charge in [-0.05, 0) is 12.3 Å². The van der Waals surface area contributed by atoms with Gasteiger partial charge in [0.05, 0.1) is 6.21 Å². The maximum absolute atomic E-state index is 11.7. The standard InChI is InChI=1S/C5H12O.C4H7FN2.C2H6/c1-5(2)3-4-6;1-6-3-4(5)7-2;1-2/h5-6H,3-4H2,1-2H3;3H,1-2H3;1-2H3. The molecule has 92 valence electrons. The summed E-state index contributed by atoms with van der Waals surface area (Å²) in [6.45, 7) is 8.52. The Balaban J connectivity index is -0.000000166. The molecule has 15 heavy (non-hydrogen) atoms. The zero-order valence-corrected chi connectivity index (χ0v) is 10.8.